The molecule has 2 aliphatic carbocycles. The summed E-state index contributed by atoms with van der Waals surface area (Å²) in [6.07, 6.45) is 6.86. The van der Waals surface area contributed by atoms with E-state index in [1.807, 2.05) is 12.1 Å². The summed E-state index contributed by atoms with van der Waals surface area (Å²) in [7, 11) is 0. The molecule has 1 fully saturated rings. The molecular formula is C25H30O. The molecular weight excluding hydrogens is 316 g/mol. The molecule has 0 aliphatic heterocycles. The Morgan fingerprint density at radius 3 is 2.46 bits per heavy atom. The van der Waals surface area contributed by atoms with E-state index in [9.17, 15) is 4.79 Å². The monoisotopic (exact) mass is 346 g/mol. The maximum Gasteiger partial charge on any atom is 0.166 e. The van der Waals surface area contributed by atoms with Gasteiger partial charge in [-0.05, 0) is 73.0 Å². The quantitative estimate of drug-likeness (QED) is 0.645. The molecule has 0 N–H and O–H groups in total. The Balaban J connectivity index is 1.46. The molecule has 0 aromatic heterocycles. The lowest BCUT2D eigenvalue weighted by Crippen LogP contribution is -2.35. The van der Waals surface area contributed by atoms with Crippen LogP contribution in [0.15, 0.2) is 48.5 Å². The van der Waals surface area contributed by atoms with Crippen molar-refractivity contribution in [2.75, 3.05) is 0 Å². The molecule has 136 valence electrons. The van der Waals surface area contributed by atoms with Gasteiger partial charge in [-0.2, -0.15) is 0 Å². The van der Waals surface area contributed by atoms with E-state index >= 15 is 0 Å². The predicted octanol–water partition coefficient (Wildman–Crippen LogP) is 6.21. The van der Waals surface area contributed by atoms with Crippen molar-refractivity contribution in [1.82, 2.24) is 0 Å². The molecule has 2 aromatic carbocycles. The first kappa shape index (κ1) is 17.5. The summed E-state index contributed by atoms with van der Waals surface area (Å²) in [4.78, 5) is 13.1. The number of carbonyl (C=O) groups is 1. The number of ketones is 1. The van der Waals surface area contributed by atoms with Crippen LogP contribution in [0, 0.1) is 17.8 Å². The van der Waals surface area contributed by atoms with Gasteiger partial charge in [0.15, 0.2) is 5.78 Å². The van der Waals surface area contributed by atoms with Gasteiger partial charge >= 0.3 is 0 Å². The first-order valence-electron chi connectivity index (χ1n) is 10.4. The second-order valence-electron chi connectivity index (χ2n) is 8.41. The highest BCUT2D eigenvalue weighted by molar-refractivity contribution is 6.00. The Morgan fingerprint density at radius 1 is 0.962 bits per heavy atom. The van der Waals surface area contributed by atoms with Gasteiger partial charge in [0.2, 0.25) is 0 Å². The molecule has 1 heteroatoms. The van der Waals surface area contributed by atoms with Crippen LogP contribution in [-0.2, 0) is 12.8 Å². The standard InChI is InChI=1S/C25H30O/c1-3-18-8-10-19(11-9-18)21-13-14-22(17(2)16-21)24-15-12-20-6-4-5-7-23(20)25(24)26/h4-11,17,21-22,24H,3,12-16H2,1-2H3. The van der Waals surface area contributed by atoms with Crippen molar-refractivity contribution in [1.29, 1.82) is 0 Å². The maximum atomic E-state index is 13.1. The Kier molecular flexibility index (Phi) is 4.98. The van der Waals surface area contributed by atoms with Crippen LogP contribution in [0.3, 0.4) is 0 Å². The van der Waals surface area contributed by atoms with Gasteiger partial charge in [0.25, 0.3) is 0 Å². The number of aryl methyl sites for hydroxylation is 2. The number of carbonyl (C=O) groups excluding carboxylic acids is 1. The molecule has 0 heterocycles. The van der Waals surface area contributed by atoms with Gasteiger partial charge < -0.3 is 0 Å². The number of fused-ring (bicyclic) bond motifs is 1. The normalized spacial score (nSPS) is 28.6. The largest absolute Gasteiger partial charge is 0.294 e. The van der Waals surface area contributed by atoms with E-state index in [2.05, 4.69) is 50.2 Å². The SMILES string of the molecule is CCc1ccc(C2CCC(C3CCc4ccccc4C3=O)C(C)C2)cc1. The molecule has 0 saturated heterocycles. The predicted molar refractivity (Wildman–Crippen MR) is 108 cm³/mol. The van der Waals surface area contributed by atoms with E-state index in [4.69, 9.17) is 0 Å². The van der Waals surface area contributed by atoms with Crippen molar-refractivity contribution in [3.8, 4) is 0 Å². The number of rotatable bonds is 3. The van der Waals surface area contributed by atoms with Gasteiger partial charge in [0.05, 0.1) is 0 Å². The summed E-state index contributed by atoms with van der Waals surface area (Å²) < 4.78 is 0. The summed E-state index contributed by atoms with van der Waals surface area (Å²) >= 11 is 0. The molecule has 2 aromatic rings. The summed E-state index contributed by atoms with van der Waals surface area (Å²) in [5, 5.41) is 0. The van der Waals surface area contributed by atoms with Gasteiger partial charge in [-0.3, -0.25) is 4.79 Å². The highest BCUT2D eigenvalue weighted by Crippen LogP contribution is 2.45. The molecule has 0 bridgehead atoms. The fourth-order valence-electron chi connectivity index (χ4n) is 5.37. The van der Waals surface area contributed by atoms with Gasteiger partial charge in [0, 0.05) is 11.5 Å². The van der Waals surface area contributed by atoms with Crippen LogP contribution < -0.4 is 0 Å². The maximum absolute atomic E-state index is 13.1. The van der Waals surface area contributed by atoms with Crippen LogP contribution in [-0.4, -0.2) is 5.78 Å². The highest BCUT2D eigenvalue weighted by atomic mass is 16.1. The van der Waals surface area contributed by atoms with E-state index in [0.717, 1.165) is 24.8 Å². The third-order valence-corrected chi connectivity index (χ3v) is 6.96. The number of benzene rings is 2. The summed E-state index contributed by atoms with van der Waals surface area (Å²) in [5.74, 6) is 2.50. The molecule has 1 saturated carbocycles. The van der Waals surface area contributed by atoms with Crippen LogP contribution in [0.2, 0.25) is 0 Å². The van der Waals surface area contributed by atoms with E-state index < -0.39 is 0 Å². The van der Waals surface area contributed by atoms with Crippen molar-refractivity contribution in [2.45, 2.75) is 58.3 Å². The van der Waals surface area contributed by atoms with E-state index in [0.29, 0.717) is 23.5 Å². The first-order valence-corrected chi connectivity index (χ1v) is 10.4. The number of Topliss-reactive ketones (excluding diaryl/α,β-unsaturated/α-hetero) is 1. The Labute approximate surface area is 157 Å². The number of hydrogen-bond donors (Lipinski definition) is 0. The van der Waals surface area contributed by atoms with Crippen LogP contribution in [0.5, 0.6) is 0 Å². The molecule has 0 amide bonds. The zero-order valence-corrected chi connectivity index (χ0v) is 16.1. The van der Waals surface area contributed by atoms with E-state index in [1.165, 1.54) is 36.0 Å². The smallest absolute Gasteiger partial charge is 0.166 e. The Hall–Kier alpha value is -1.89. The lowest BCUT2D eigenvalue weighted by atomic mass is 9.64. The summed E-state index contributed by atoms with van der Waals surface area (Å²) in [5.41, 5.74) is 5.16. The van der Waals surface area contributed by atoms with Crippen LogP contribution in [0.1, 0.15) is 72.5 Å². The molecule has 0 spiro atoms. The first-order chi connectivity index (χ1) is 12.7. The van der Waals surface area contributed by atoms with Crippen LogP contribution in [0.4, 0.5) is 0 Å². The molecule has 0 radical (unpaired) electrons. The van der Waals surface area contributed by atoms with E-state index in [-0.39, 0.29) is 5.92 Å². The molecule has 4 atom stereocenters. The summed E-state index contributed by atoms with van der Waals surface area (Å²) in [6.45, 7) is 4.59. The third-order valence-electron chi connectivity index (χ3n) is 6.96. The Bertz CT molecular complexity index is 773. The van der Waals surface area contributed by atoms with Crippen molar-refractivity contribution in [3.05, 3.63) is 70.8 Å². The lowest BCUT2D eigenvalue weighted by molar-refractivity contribution is 0.0745. The second kappa shape index (κ2) is 7.39. The minimum Gasteiger partial charge on any atom is -0.294 e. The van der Waals surface area contributed by atoms with Crippen LogP contribution in [0.25, 0.3) is 0 Å². The minimum atomic E-state index is 0.239. The lowest BCUT2D eigenvalue weighted by Gasteiger charge is -2.40. The summed E-state index contributed by atoms with van der Waals surface area (Å²) in [6, 6.07) is 17.5. The zero-order chi connectivity index (χ0) is 18.1. The number of hydrogen-bond acceptors (Lipinski definition) is 1. The topological polar surface area (TPSA) is 17.1 Å². The third kappa shape index (κ3) is 3.24. The van der Waals surface area contributed by atoms with Crippen molar-refractivity contribution >= 4 is 5.78 Å². The molecule has 1 nitrogen and oxygen atoms in total. The van der Waals surface area contributed by atoms with Gasteiger partial charge in [0.1, 0.15) is 0 Å². The highest BCUT2D eigenvalue weighted by Gasteiger charge is 2.39. The molecule has 2 aliphatic rings. The molecule has 26 heavy (non-hydrogen) atoms. The van der Waals surface area contributed by atoms with Gasteiger partial charge in [-0.15, -0.1) is 0 Å². The average molecular weight is 347 g/mol. The fraction of sp³-hybridized carbons (Fsp3) is 0.480. The minimum absolute atomic E-state index is 0.239. The van der Waals surface area contributed by atoms with Crippen molar-refractivity contribution in [2.24, 2.45) is 17.8 Å². The van der Waals surface area contributed by atoms with Crippen molar-refractivity contribution in [3.63, 3.8) is 0 Å². The van der Waals surface area contributed by atoms with Crippen LogP contribution >= 0.6 is 0 Å². The Morgan fingerprint density at radius 2 is 1.73 bits per heavy atom. The molecule has 4 rings (SSSR count). The zero-order valence-electron chi connectivity index (χ0n) is 16.1. The van der Waals surface area contributed by atoms with Crippen molar-refractivity contribution < 1.29 is 4.79 Å². The average Bonchev–Trinajstić information content (AvgIpc) is 2.69. The fourth-order valence-corrected chi connectivity index (χ4v) is 5.37. The van der Waals surface area contributed by atoms with E-state index in [1.54, 1.807) is 0 Å². The second-order valence-corrected chi connectivity index (χ2v) is 8.41. The van der Waals surface area contributed by atoms with Gasteiger partial charge in [-0.25, -0.2) is 0 Å². The molecule has 4 unspecified atom stereocenters. The van der Waals surface area contributed by atoms with Gasteiger partial charge in [-0.1, -0.05) is 62.4 Å².